The monoisotopic (exact) mass is 765 g/mol. The number of rotatable bonds is 11. The molecule has 2 saturated carbocycles. The van der Waals surface area contributed by atoms with Crippen LogP contribution in [0.2, 0.25) is 0 Å². The van der Waals surface area contributed by atoms with Crippen molar-refractivity contribution in [3.05, 3.63) is 29.3 Å². The molecule has 5 nitrogen and oxygen atoms in total. The highest BCUT2D eigenvalue weighted by atomic mass is 33.1. The lowest BCUT2D eigenvalue weighted by atomic mass is 9.55. The van der Waals surface area contributed by atoms with E-state index in [0.29, 0.717) is 24.6 Å². The lowest BCUT2D eigenvalue weighted by molar-refractivity contribution is -0.457. The Balaban J connectivity index is 1.18. The average Bonchev–Trinajstić information content (AvgIpc) is 3.37. The summed E-state index contributed by atoms with van der Waals surface area (Å²) in [6.07, 6.45) is -13.8. The van der Waals surface area contributed by atoms with Crippen molar-refractivity contribution in [1.82, 2.24) is 4.90 Å². The van der Waals surface area contributed by atoms with E-state index in [-0.39, 0.29) is 42.1 Å². The number of unbranched alkanes of at least 4 members (excludes halogenated alkanes) is 1. The van der Waals surface area contributed by atoms with Crippen molar-refractivity contribution in [3.63, 3.8) is 0 Å². The van der Waals surface area contributed by atoms with E-state index >= 15 is 0 Å². The first-order valence-electron chi connectivity index (χ1n) is 17.3. The maximum Gasteiger partial charge on any atom is 0.435 e. The maximum absolute atomic E-state index is 13.3. The van der Waals surface area contributed by atoms with Crippen LogP contribution in [0.4, 0.5) is 44.3 Å². The Bertz CT molecular complexity index is 1280. The molecule has 1 aliphatic heterocycles. The molecule has 284 valence electrons. The van der Waals surface area contributed by atoms with Gasteiger partial charge in [-0.25, -0.2) is 4.79 Å². The fourth-order valence-corrected chi connectivity index (χ4v) is 11.2. The zero-order valence-electron chi connectivity index (χ0n) is 28.0. The normalized spacial score (nSPS) is 28.8. The second kappa shape index (κ2) is 15.5. The van der Waals surface area contributed by atoms with Crippen molar-refractivity contribution >= 4 is 27.7 Å². The Morgan fingerprint density at radius 3 is 2.28 bits per heavy atom. The summed E-state index contributed by atoms with van der Waals surface area (Å²) in [7, 11) is 3.61. The van der Waals surface area contributed by atoms with E-state index in [1.165, 1.54) is 5.56 Å². The summed E-state index contributed by atoms with van der Waals surface area (Å²) in [4.78, 5) is 15.2. The molecule has 3 aliphatic carbocycles. The fraction of sp³-hybridized carbons (Fsp3) is 0.794. The first kappa shape index (κ1) is 39.7. The molecule has 3 fully saturated rings. The van der Waals surface area contributed by atoms with E-state index in [1.54, 1.807) is 10.8 Å². The molecule has 4 aliphatic rings. The number of halogens is 9. The molecule has 0 bridgehead atoms. The summed E-state index contributed by atoms with van der Waals surface area (Å²) >= 11 is 0. The largest absolute Gasteiger partial charge is 0.435 e. The molecule has 1 amide bonds. The summed E-state index contributed by atoms with van der Waals surface area (Å²) in [5.74, 6) is 3.29. The van der Waals surface area contributed by atoms with Crippen LogP contribution >= 0.6 is 21.6 Å². The van der Waals surface area contributed by atoms with Crippen LogP contribution < -0.4 is 4.74 Å². The summed E-state index contributed by atoms with van der Waals surface area (Å²) in [5.41, 5.74) is -4.17. The van der Waals surface area contributed by atoms with E-state index in [9.17, 15) is 44.3 Å². The molecular weight excluding hydrogens is 721 g/mol. The van der Waals surface area contributed by atoms with Crippen LogP contribution in [0.5, 0.6) is 5.75 Å². The molecule has 0 N–H and O–H groups in total. The van der Waals surface area contributed by atoms with Crippen molar-refractivity contribution in [3.8, 4) is 5.75 Å². The summed E-state index contributed by atoms with van der Waals surface area (Å²) in [6, 6.07) is 6.06. The minimum atomic E-state index is -6.75. The van der Waals surface area contributed by atoms with Gasteiger partial charge < -0.3 is 19.1 Å². The van der Waals surface area contributed by atoms with Gasteiger partial charge in [0.15, 0.2) is 0 Å². The van der Waals surface area contributed by atoms with Gasteiger partial charge in [0.25, 0.3) is 0 Å². The molecule has 1 heterocycles. The molecule has 1 saturated heterocycles. The van der Waals surface area contributed by atoms with E-state index in [4.69, 9.17) is 9.47 Å². The first-order chi connectivity index (χ1) is 23.4. The first-order valence-corrected chi connectivity index (χ1v) is 19.7. The van der Waals surface area contributed by atoms with Gasteiger partial charge in [0.2, 0.25) is 0 Å². The Kier molecular flexibility index (Phi) is 12.3. The number of aryl methyl sites for hydroxylation is 1. The molecule has 0 aromatic heterocycles. The Labute approximate surface area is 294 Å². The highest BCUT2D eigenvalue weighted by Crippen LogP contribution is 2.62. The molecule has 0 spiro atoms. The van der Waals surface area contributed by atoms with Crippen LogP contribution in [0.1, 0.15) is 88.7 Å². The van der Waals surface area contributed by atoms with E-state index in [0.717, 1.165) is 68.4 Å². The summed E-state index contributed by atoms with van der Waals surface area (Å²) in [5, 5.41) is 0. The van der Waals surface area contributed by atoms with Gasteiger partial charge in [-0.15, -0.1) is 0 Å². The number of benzene rings is 1. The van der Waals surface area contributed by atoms with Crippen molar-refractivity contribution in [1.29, 1.82) is 0 Å². The zero-order chi connectivity index (χ0) is 36.5. The van der Waals surface area contributed by atoms with Crippen LogP contribution in [-0.4, -0.2) is 78.5 Å². The summed E-state index contributed by atoms with van der Waals surface area (Å²) in [6.45, 7) is 3.09. The second-order valence-electron chi connectivity index (χ2n) is 14.1. The number of carbonyl (C=O) groups excluding carboxylic acids is 1. The van der Waals surface area contributed by atoms with Crippen molar-refractivity contribution < 1.29 is 58.5 Å². The Morgan fingerprint density at radius 2 is 1.64 bits per heavy atom. The molecule has 1 aromatic rings. The molecule has 50 heavy (non-hydrogen) atoms. The second-order valence-corrected chi connectivity index (χ2v) is 16.7. The molecular formula is C34H44F9NO4S2. The number of hydrogen-bond donors (Lipinski definition) is 0. The van der Waals surface area contributed by atoms with E-state index in [2.05, 4.69) is 24.7 Å². The minimum absolute atomic E-state index is 0.153. The van der Waals surface area contributed by atoms with Crippen LogP contribution in [0.25, 0.3) is 0 Å². The van der Waals surface area contributed by atoms with E-state index in [1.807, 2.05) is 27.8 Å². The minimum Gasteiger partial charge on any atom is -0.410 e. The van der Waals surface area contributed by atoms with Crippen LogP contribution in [-0.2, 0) is 15.9 Å². The fourth-order valence-electron chi connectivity index (χ4n) is 8.70. The number of fused-ring (bicyclic) bond motifs is 5. The van der Waals surface area contributed by atoms with Crippen molar-refractivity contribution in [2.75, 3.05) is 31.3 Å². The van der Waals surface area contributed by atoms with Crippen LogP contribution in [0.3, 0.4) is 0 Å². The number of hydrogen-bond acceptors (Lipinski definition) is 6. The standard InChI is InChI=1S/C34H44F9NO4S2/c1-3-4-15-44(22-13-18-49-50-20-22)29(45)48-23-7-9-24-21(19-23)6-8-26-25(24)12-14-30(2)27(26)10-11-28(30)46-16-5-17-47-31(32(35,36)37,33(38,39)40)34(41,42)43/h7,9,19,22,25-28H,3-6,8,10-18,20H2,1-2H3. The lowest BCUT2D eigenvalue weighted by Gasteiger charge is -2.50. The Hall–Kier alpha value is -1.52. The average molecular weight is 766 g/mol. The molecule has 16 heteroatoms. The number of ether oxygens (including phenoxy) is 3. The SMILES string of the molecule is CCCCN(C(=O)Oc1ccc2c(c1)CCC1C2CCC2(C)C(OCCCOC(C(F)(F)F)(C(F)(F)F)C(F)(F)F)CCC12)C1CCSSC1. The predicted molar refractivity (Wildman–Crippen MR) is 173 cm³/mol. The van der Waals surface area contributed by atoms with Gasteiger partial charge in [-0.1, -0.05) is 47.9 Å². The number of carbonyl (C=O) groups is 1. The molecule has 6 unspecified atom stereocenters. The van der Waals surface area contributed by atoms with Crippen molar-refractivity contribution in [2.24, 2.45) is 17.3 Å². The molecule has 1 aromatic carbocycles. The van der Waals surface area contributed by atoms with Crippen LogP contribution in [0.15, 0.2) is 18.2 Å². The lowest BCUT2D eigenvalue weighted by Crippen LogP contribution is -2.67. The third-order valence-electron chi connectivity index (χ3n) is 11.2. The topological polar surface area (TPSA) is 48.0 Å². The van der Waals surface area contributed by atoms with Crippen LogP contribution in [0, 0.1) is 17.3 Å². The highest BCUT2D eigenvalue weighted by Gasteiger charge is 2.85. The zero-order valence-corrected chi connectivity index (χ0v) is 29.7. The van der Waals surface area contributed by atoms with Gasteiger partial charge in [-0.3, -0.25) is 0 Å². The van der Waals surface area contributed by atoms with Gasteiger partial charge in [-0.05, 0) is 104 Å². The number of alkyl halides is 9. The molecule has 5 rings (SSSR count). The molecule has 6 atom stereocenters. The quantitative estimate of drug-likeness (QED) is 0.127. The third kappa shape index (κ3) is 7.74. The number of amides is 1. The van der Waals surface area contributed by atoms with Gasteiger partial charge >= 0.3 is 30.2 Å². The van der Waals surface area contributed by atoms with E-state index < -0.39 is 37.2 Å². The smallest absolute Gasteiger partial charge is 0.410 e. The summed E-state index contributed by atoms with van der Waals surface area (Å²) < 4.78 is 134. The van der Waals surface area contributed by atoms with Gasteiger partial charge in [0.1, 0.15) is 5.75 Å². The maximum atomic E-state index is 13.3. The number of nitrogens with zero attached hydrogens (tertiary/aromatic N) is 1. The van der Waals surface area contributed by atoms with Crippen molar-refractivity contribution in [2.45, 2.75) is 120 Å². The van der Waals surface area contributed by atoms with Gasteiger partial charge in [0.05, 0.1) is 12.7 Å². The highest BCUT2D eigenvalue weighted by molar-refractivity contribution is 8.76. The predicted octanol–water partition coefficient (Wildman–Crippen LogP) is 10.5. The molecule has 0 radical (unpaired) electrons. The Morgan fingerprint density at radius 1 is 0.920 bits per heavy atom. The third-order valence-corrected chi connectivity index (χ3v) is 13.7. The van der Waals surface area contributed by atoms with Gasteiger partial charge in [-0.2, -0.15) is 39.5 Å². The van der Waals surface area contributed by atoms with Gasteiger partial charge in [0, 0.05) is 30.7 Å².